The molecule has 0 aliphatic carbocycles. The number of non-ortho nitro benzene ring substituents is 1. The van der Waals surface area contributed by atoms with Crippen LogP contribution in [0, 0.1) is 34.1 Å². The van der Waals surface area contributed by atoms with Crippen LogP contribution in [0.15, 0.2) is 72.8 Å². The van der Waals surface area contributed by atoms with Gasteiger partial charge in [0.05, 0.1) is 21.5 Å². The normalized spacial score (nSPS) is 10.1. The van der Waals surface area contributed by atoms with E-state index in [2.05, 4.69) is 0 Å². The predicted octanol–water partition coefficient (Wildman–Crippen LogP) is 5.95. The molecule has 4 aromatic rings. The predicted molar refractivity (Wildman–Crippen MR) is 151 cm³/mol. The van der Waals surface area contributed by atoms with Gasteiger partial charge in [-0.05, 0) is 61.4 Å². The molecule has 0 aliphatic heterocycles. The molecule has 0 spiro atoms. The Morgan fingerprint density at radius 2 is 1.21 bits per heavy atom. The molecule has 6 N–H and O–H groups in total. The molecule has 0 bridgehead atoms. The fourth-order valence-electron chi connectivity index (χ4n) is 3.49. The maximum atomic E-state index is 11.1. The molecule has 0 aliphatic rings. The summed E-state index contributed by atoms with van der Waals surface area (Å²) in [6.45, 7) is 3.53. The number of anilines is 2. The van der Waals surface area contributed by atoms with Crippen LogP contribution in [0.2, 0.25) is 0 Å². The smallest absolute Gasteiger partial charge is 0.342 e. The Bertz CT molecular complexity index is 1700. The van der Waals surface area contributed by atoms with Gasteiger partial charge in [0.2, 0.25) is 0 Å². The molecule has 0 amide bonds. The fourth-order valence-corrected chi connectivity index (χ4v) is 3.49. The largest absolute Gasteiger partial charge is 0.478 e. The first-order valence-electron chi connectivity index (χ1n) is 11.9. The Morgan fingerprint density at radius 1 is 0.690 bits per heavy atom. The summed E-state index contributed by atoms with van der Waals surface area (Å²) in [6.07, 6.45) is 0. The highest BCUT2D eigenvalue weighted by Gasteiger charge is 2.21. The zero-order chi connectivity index (χ0) is 31.1. The second-order valence-corrected chi connectivity index (χ2v) is 8.73. The van der Waals surface area contributed by atoms with Gasteiger partial charge in [-0.2, -0.15) is 0 Å². The molecule has 0 heterocycles. The fraction of sp³-hybridized carbons (Fsp3) is 0.0714. The van der Waals surface area contributed by atoms with Crippen LogP contribution in [-0.2, 0) is 0 Å². The zero-order valence-corrected chi connectivity index (χ0v) is 22.1. The molecular formula is C28H24N4O10. The van der Waals surface area contributed by atoms with Gasteiger partial charge < -0.3 is 31.2 Å². The topological polar surface area (TPSA) is 231 Å². The summed E-state index contributed by atoms with van der Waals surface area (Å²) in [5, 5.41) is 39.6. The molecule has 14 nitrogen and oxygen atoms in total. The van der Waals surface area contributed by atoms with E-state index in [1.54, 1.807) is 25.1 Å². The van der Waals surface area contributed by atoms with E-state index in [4.69, 9.17) is 31.2 Å². The number of carboxylic acids is 2. The van der Waals surface area contributed by atoms with Crippen LogP contribution in [0.1, 0.15) is 31.8 Å². The Balaban J connectivity index is 0.000000235. The summed E-state index contributed by atoms with van der Waals surface area (Å²) in [5.41, 5.74) is 12.3. The van der Waals surface area contributed by atoms with Gasteiger partial charge in [0.15, 0.2) is 0 Å². The average molecular weight is 577 g/mol. The van der Waals surface area contributed by atoms with Gasteiger partial charge in [0.1, 0.15) is 28.6 Å². The number of nitrogens with zero attached hydrogens (tertiary/aromatic N) is 2. The van der Waals surface area contributed by atoms with E-state index in [0.717, 1.165) is 17.7 Å². The lowest BCUT2D eigenvalue weighted by atomic mass is 10.1. The lowest BCUT2D eigenvalue weighted by Crippen LogP contribution is -2.03. The molecule has 14 heteroatoms. The van der Waals surface area contributed by atoms with Crippen LogP contribution in [0.5, 0.6) is 23.0 Å². The Kier molecular flexibility index (Phi) is 9.24. The van der Waals surface area contributed by atoms with Gasteiger partial charge >= 0.3 is 11.9 Å². The van der Waals surface area contributed by atoms with E-state index >= 15 is 0 Å². The molecule has 0 atom stereocenters. The third-order valence-electron chi connectivity index (χ3n) is 5.70. The average Bonchev–Trinajstić information content (AvgIpc) is 2.93. The molecule has 0 radical (unpaired) electrons. The Morgan fingerprint density at radius 3 is 1.76 bits per heavy atom. The van der Waals surface area contributed by atoms with Crippen molar-refractivity contribution in [2.75, 3.05) is 11.5 Å². The van der Waals surface area contributed by atoms with E-state index in [-0.39, 0.29) is 28.4 Å². The highest BCUT2D eigenvalue weighted by atomic mass is 16.6. The second-order valence-electron chi connectivity index (χ2n) is 8.73. The molecule has 4 rings (SSSR count). The summed E-state index contributed by atoms with van der Waals surface area (Å²) in [5.74, 6) is -1.40. The van der Waals surface area contributed by atoms with Crippen LogP contribution >= 0.6 is 0 Å². The standard InChI is InChI=1S/C14H10N2O7.C14H14N2O3/c1-8-2-3-9(15(19)20)6-13(8)23-10-4-5-12(16(21)22)11(7-10)14(17)18;1-8-2-3-9(15)6-13(8)19-10-4-5-12(16)11(7-10)14(17)18/h2-7H,1H3,(H,17,18);2-7H,15-16H2,1H3,(H,17,18). The molecular weight excluding hydrogens is 552 g/mol. The van der Waals surface area contributed by atoms with Gasteiger partial charge in [-0.1, -0.05) is 6.07 Å². The van der Waals surface area contributed by atoms with Gasteiger partial charge in [0.25, 0.3) is 11.4 Å². The number of hydrogen-bond donors (Lipinski definition) is 4. The maximum Gasteiger partial charge on any atom is 0.342 e. The minimum absolute atomic E-state index is 0.0130. The minimum atomic E-state index is -1.47. The van der Waals surface area contributed by atoms with Crippen molar-refractivity contribution in [3.05, 3.63) is 115 Å². The van der Waals surface area contributed by atoms with Gasteiger partial charge in [-0.3, -0.25) is 20.2 Å². The number of carbonyl (C=O) groups is 2. The minimum Gasteiger partial charge on any atom is -0.478 e. The summed E-state index contributed by atoms with van der Waals surface area (Å²) in [7, 11) is 0. The van der Waals surface area contributed by atoms with Crippen molar-refractivity contribution in [3.63, 3.8) is 0 Å². The SMILES string of the molecule is Cc1ccc(N)cc1Oc1ccc(N)c(C(=O)O)c1.Cc1ccc([N+](=O)[O-])cc1Oc1ccc([N+](=O)[O-])c(C(=O)O)c1. The highest BCUT2D eigenvalue weighted by molar-refractivity contribution is 5.94. The summed E-state index contributed by atoms with van der Waals surface area (Å²) in [6, 6.07) is 17.0. The number of rotatable bonds is 8. The van der Waals surface area contributed by atoms with Crippen LogP contribution in [0.4, 0.5) is 22.7 Å². The van der Waals surface area contributed by atoms with E-state index in [1.165, 1.54) is 36.4 Å². The lowest BCUT2D eigenvalue weighted by molar-refractivity contribution is -0.385. The zero-order valence-electron chi connectivity index (χ0n) is 22.1. The first-order chi connectivity index (χ1) is 19.8. The maximum absolute atomic E-state index is 11.1. The molecule has 216 valence electrons. The lowest BCUT2D eigenvalue weighted by Gasteiger charge is -2.10. The van der Waals surface area contributed by atoms with E-state index in [0.29, 0.717) is 22.7 Å². The van der Waals surface area contributed by atoms with Crippen molar-refractivity contribution in [1.29, 1.82) is 0 Å². The van der Waals surface area contributed by atoms with Crippen molar-refractivity contribution < 1.29 is 39.1 Å². The summed E-state index contributed by atoms with van der Waals surface area (Å²) >= 11 is 0. The van der Waals surface area contributed by atoms with E-state index in [9.17, 15) is 29.8 Å². The molecule has 42 heavy (non-hydrogen) atoms. The van der Waals surface area contributed by atoms with Gasteiger partial charge in [0, 0.05) is 35.6 Å². The number of nitro groups is 2. The van der Waals surface area contributed by atoms with Crippen molar-refractivity contribution in [1.82, 2.24) is 0 Å². The summed E-state index contributed by atoms with van der Waals surface area (Å²) in [4.78, 5) is 42.3. The molecule has 0 saturated carbocycles. The van der Waals surface area contributed by atoms with Crippen LogP contribution < -0.4 is 20.9 Å². The van der Waals surface area contributed by atoms with Crippen LogP contribution in [0.25, 0.3) is 0 Å². The van der Waals surface area contributed by atoms with Crippen LogP contribution in [-0.4, -0.2) is 32.0 Å². The molecule has 0 aromatic heterocycles. The second kappa shape index (κ2) is 12.8. The number of benzene rings is 4. The van der Waals surface area contributed by atoms with Crippen molar-refractivity contribution in [2.45, 2.75) is 13.8 Å². The number of aromatic carboxylic acids is 2. The number of aryl methyl sites for hydroxylation is 2. The van der Waals surface area contributed by atoms with Gasteiger partial charge in [-0.25, -0.2) is 9.59 Å². The number of nitrogens with two attached hydrogens (primary N) is 2. The third kappa shape index (κ3) is 7.47. The molecule has 0 fully saturated rings. The monoisotopic (exact) mass is 576 g/mol. The highest BCUT2D eigenvalue weighted by Crippen LogP contribution is 2.32. The van der Waals surface area contributed by atoms with Crippen molar-refractivity contribution in [2.24, 2.45) is 0 Å². The number of nitrogen functional groups attached to an aromatic ring is 2. The Labute approximate surface area is 237 Å². The molecule has 4 aromatic carbocycles. The number of ether oxygens (including phenoxy) is 2. The molecule has 0 unspecified atom stereocenters. The quantitative estimate of drug-likeness (QED) is 0.108. The third-order valence-corrected chi connectivity index (χ3v) is 5.70. The summed E-state index contributed by atoms with van der Waals surface area (Å²) < 4.78 is 11.1. The van der Waals surface area contributed by atoms with Crippen molar-refractivity contribution >= 4 is 34.7 Å². The van der Waals surface area contributed by atoms with Gasteiger partial charge in [-0.15, -0.1) is 0 Å². The first-order valence-corrected chi connectivity index (χ1v) is 11.9. The first kappa shape index (κ1) is 30.4. The van der Waals surface area contributed by atoms with E-state index in [1.807, 2.05) is 13.0 Å². The van der Waals surface area contributed by atoms with Crippen molar-refractivity contribution in [3.8, 4) is 23.0 Å². The number of hydrogen-bond acceptors (Lipinski definition) is 10. The Hall–Kier alpha value is -6.18. The van der Waals surface area contributed by atoms with Crippen LogP contribution in [0.3, 0.4) is 0 Å². The number of carboxylic acid groups (broad SMARTS) is 2. The van der Waals surface area contributed by atoms with E-state index < -0.39 is 33.0 Å². The molecule has 0 saturated heterocycles. The number of nitro benzene ring substituents is 2.